The van der Waals surface area contributed by atoms with E-state index in [-0.39, 0.29) is 11.3 Å². The summed E-state index contributed by atoms with van der Waals surface area (Å²) in [7, 11) is 1.29. The van der Waals surface area contributed by atoms with Gasteiger partial charge in [-0.2, -0.15) is 31.6 Å². The Kier molecular flexibility index (Phi) is 4.53. The van der Waals surface area contributed by atoms with Gasteiger partial charge >= 0.3 is 12.4 Å². The highest BCUT2D eigenvalue weighted by molar-refractivity contribution is 5.60. The lowest BCUT2D eigenvalue weighted by molar-refractivity contribution is -0.137. The zero-order valence-corrected chi connectivity index (χ0v) is 10.3. The van der Waals surface area contributed by atoms with Crippen LogP contribution in [0.4, 0.5) is 32.0 Å². The lowest BCUT2D eigenvalue weighted by atomic mass is 10.1. The van der Waals surface area contributed by atoms with Crippen LogP contribution < -0.4 is 4.90 Å². The molecular formula is C12H10F6N2. The summed E-state index contributed by atoms with van der Waals surface area (Å²) in [4.78, 5) is 1.10. The van der Waals surface area contributed by atoms with Gasteiger partial charge in [-0.05, 0) is 18.2 Å². The van der Waals surface area contributed by atoms with Crippen molar-refractivity contribution in [2.75, 3.05) is 18.5 Å². The third kappa shape index (κ3) is 4.33. The van der Waals surface area contributed by atoms with E-state index in [4.69, 9.17) is 5.26 Å². The van der Waals surface area contributed by atoms with E-state index in [9.17, 15) is 26.3 Å². The molecule has 110 valence electrons. The fraction of sp³-hybridized carbons (Fsp3) is 0.417. The highest BCUT2D eigenvalue weighted by Gasteiger charge is 2.32. The summed E-state index contributed by atoms with van der Waals surface area (Å²) in [6.07, 6.45) is -10.1. The van der Waals surface area contributed by atoms with Crippen molar-refractivity contribution in [2.24, 2.45) is 0 Å². The SMILES string of the molecule is CN(CCC(F)(F)F)c1ccc(C(F)(F)F)cc1C#N. The lowest BCUT2D eigenvalue weighted by Gasteiger charge is -2.22. The molecule has 8 heteroatoms. The van der Waals surface area contributed by atoms with Crippen LogP contribution in [0.3, 0.4) is 0 Å². The molecule has 0 spiro atoms. The van der Waals surface area contributed by atoms with Gasteiger partial charge in [0, 0.05) is 13.6 Å². The maximum absolute atomic E-state index is 12.5. The van der Waals surface area contributed by atoms with E-state index in [2.05, 4.69) is 0 Å². The van der Waals surface area contributed by atoms with Gasteiger partial charge in [0.05, 0.1) is 23.2 Å². The molecule has 0 radical (unpaired) electrons. The number of nitriles is 1. The van der Waals surface area contributed by atoms with Crippen molar-refractivity contribution >= 4 is 5.69 Å². The molecule has 1 rings (SSSR count). The molecule has 1 aromatic carbocycles. The zero-order chi connectivity index (χ0) is 15.6. The van der Waals surface area contributed by atoms with Crippen molar-refractivity contribution in [1.82, 2.24) is 0 Å². The van der Waals surface area contributed by atoms with E-state index in [1.54, 1.807) is 6.07 Å². The number of halogens is 6. The molecule has 2 nitrogen and oxygen atoms in total. The Bertz CT molecular complexity index is 512. The summed E-state index contributed by atoms with van der Waals surface area (Å²) in [6, 6.07) is 3.92. The summed E-state index contributed by atoms with van der Waals surface area (Å²) in [5.74, 6) is 0. The fourth-order valence-corrected chi connectivity index (χ4v) is 1.55. The number of benzene rings is 1. The number of hydrogen-bond acceptors (Lipinski definition) is 2. The average Bonchev–Trinajstić information content (AvgIpc) is 2.33. The van der Waals surface area contributed by atoms with E-state index < -0.39 is 30.9 Å². The molecule has 0 saturated heterocycles. The van der Waals surface area contributed by atoms with Crippen molar-refractivity contribution in [2.45, 2.75) is 18.8 Å². The first-order chi connectivity index (χ1) is 9.04. The topological polar surface area (TPSA) is 27.0 Å². The first-order valence-corrected chi connectivity index (χ1v) is 5.44. The van der Waals surface area contributed by atoms with Gasteiger partial charge < -0.3 is 4.90 Å². The summed E-state index contributed by atoms with van der Waals surface area (Å²) in [5, 5.41) is 8.82. The Hall–Kier alpha value is -1.91. The normalized spacial score (nSPS) is 12.1. The highest BCUT2D eigenvalue weighted by atomic mass is 19.4. The van der Waals surface area contributed by atoms with Crippen LogP contribution >= 0.6 is 0 Å². The van der Waals surface area contributed by atoms with Crippen LogP contribution in [0, 0.1) is 11.3 Å². The maximum atomic E-state index is 12.5. The minimum absolute atomic E-state index is 0.0322. The van der Waals surface area contributed by atoms with E-state index in [1.807, 2.05) is 0 Å². The molecule has 0 saturated carbocycles. The standard InChI is InChI=1S/C12H10F6N2/c1-20(5-4-11(13,14)15)10-3-2-9(12(16,17)18)6-8(10)7-19/h2-3,6H,4-5H2,1H3. The predicted octanol–water partition coefficient (Wildman–Crippen LogP) is 3.97. The molecule has 20 heavy (non-hydrogen) atoms. The number of rotatable bonds is 3. The summed E-state index contributed by atoms with van der Waals surface area (Å²) >= 11 is 0. The summed E-state index contributed by atoms with van der Waals surface area (Å²) in [5.41, 5.74) is -1.30. The van der Waals surface area contributed by atoms with Gasteiger partial charge in [0.25, 0.3) is 0 Å². The number of alkyl halides is 6. The molecule has 0 aliphatic carbocycles. The highest BCUT2D eigenvalue weighted by Crippen LogP contribution is 2.32. The summed E-state index contributed by atoms with van der Waals surface area (Å²) < 4.78 is 73.7. The second-order valence-electron chi connectivity index (χ2n) is 4.13. The molecule has 0 atom stereocenters. The van der Waals surface area contributed by atoms with Crippen LogP contribution in [-0.4, -0.2) is 19.8 Å². The quantitative estimate of drug-likeness (QED) is 0.789. The number of nitrogens with zero attached hydrogens (tertiary/aromatic N) is 2. The molecule has 0 aliphatic rings. The monoisotopic (exact) mass is 296 g/mol. The minimum atomic E-state index is -4.60. The average molecular weight is 296 g/mol. The van der Waals surface area contributed by atoms with Gasteiger partial charge in [0.1, 0.15) is 6.07 Å². The Labute approximate surface area is 111 Å². The predicted molar refractivity (Wildman–Crippen MR) is 60.1 cm³/mol. The number of anilines is 1. The molecule has 0 amide bonds. The van der Waals surface area contributed by atoms with Gasteiger partial charge in [-0.25, -0.2) is 0 Å². The van der Waals surface area contributed by atoms with Gasteiger partial charge in [-0.15, -0.1) is 0 Å². The zero-order valence-electron chi connectivity index (χ0n) is 10.3. The Morgan fingerprint density at radius 1 is 1.15 bits per heavy atom. The molecule has 0 unspecified atom stereocenters. The summed E-state index contributed by atoms with van der Waals surface area (Å²) in [6.45, 7) is -0.441. The van der Waals surface area contributed by atoms with E-state index >= 15 is 0 Å². The molecule has 0 fully saturated rings. The van der Waals surface area contributed by atoms with Crippen molar-refractivity contribution in [3.63, 3.8) is 0 Å². The van der Waals surface area contributed by atoms with Crippen molar-refractivity contribution in [3.8, 4) is 6.07 Å². The minimum Gasteiger partial charge on any atom is -0.373 e. The second-order valence-corrected chi connectivity index (χ2v) is 4.13. The van der Waals surface area contributed by atoms with E-state index in [0.717, 1.165) is 17.0 Å². The lowest BCUT2D eigenvalue weighted by Crippen LogP contribution is -2.24. The third-order valence-electron chi connectivity index (χ3n) is 2.59. The molecular weight excluding hydrogens is 286 g/mol. The van der Waals surface area contributed by atoms with Crippen molar-refractivity contribution in [1.29, 1.82) is 5.26 Å². The third-order valence-corrected chi connectivity index (χ3v) is 2.59. The van der Waals surface area contributed by atoms with Crippen LogP contribution in [-0.2, 0) is 6.18 Å². The van der Waals surface area contributed by atoms with Crippen LogP contribution in [0.2, 0.25) is 0 Å². The molecule has 0 N–H and O–H groups in total. The molecule has 0 aromatic heterocycles. The van der Waals surface area contributed by atoms with Crippen LogP contribution in [0.25, 0.3) is 0 Å². The second kappa shape index (κ2) is 5.61. The van der Waals surface area contributed by atoms with E-state index in [0.29, 0.717) is 6.07 Å². The van der Waals surface area contributed by atoms with Gasteiger partial charge in [0.2, 0.25) is 0 Å². The fourth-order valence-electron chi connectivity index (χ4n) is 1.55. The molecule has 0 bridgehead atoms. The maximum Gasteiger partial charge on any atom is 0.416 e. The molecule has 0 heterocycles. The van der Waals surface area contributed by atoms with E-state index in [1.165, 1.54) is 7.05 Å². The van der Waals surface area contributed by atoms with Crippen molar-refractivity contribution in [3.05, 3.63) is 29.3 Å². The van der Waals surface area contributed by atoms with Gasteiger partial charge in [-0.1, -0.05) is 0 Å². The van der Waals surface area contributed by atoms with Crippen LogP contribution in [0.1, 0.15) is 17.5 Å². The molecule has 1 aromatic rings. The Balaban J connectivity index is 2.99. The largest absolute Gasteiger partial charge is 0.416 e. The first-order valence-electron chi connectivity index (χ1n) is 5.44. The van der Waals surface area contributed by atoms with Gasteiger partial charge in [0.15, 0.2) is 0 Å². The Morgan fingerprint density at radius 2 is 1.75 bits per heavy atom. The molecule has 0 aliphatic heterocycles. The van der Waals surface area contributed by atoms with Crippen LogP contribution in [0.5, 0.6) is 0 Å². The van der Waals surface area contributed by atoms with Gasteiger partial charge in [-0.3, -0.25) is 0 Å². The first kappa shape index (κ1) is 16.1. The number of hydrogen-bond donors (Lipinski definition) is 0. The Morgan fingerprint density at radius 3 is 2.20 bits per heavy atom. The van der Waals surface area contributed by atoms with Crippen molar-refractivity contribution < 1.29 is 26.3 Å². The van der Waals surface area contributed by atoms with Crippen LogP contribution in [0.15, 0.2) is 18.2 Å². The smallest absolute Gasteiger partial charge is 0.373 e.